The molecule has 0 unspecified atom stereocenters. The first-order valence-electron chi connectivity index (χ1n) is 9.99. The number of nitrogens with zero attached hydrogens (tertiary/aromatic N) is 3. The molecule has 2 atom stereocenters. The third-order valence-corrected chi connectivity index (χ3v) is 6.97. The van der Waals surface area contributed by atoms with Crippen LogP contribution in [0.4, 0.5) is 0 Å². The number of hydrogen-bond donors (Lipinski definition) is 0. The van der Waals surface area contributed by atoms with Crippen LogP contribution in [0.25, 0.3) is 21.3 Å². The number of ether oxygens (including phenoxy) is 1. The van der Waals surface area contributed by atoms with E-state index in [1.54, 1.807) is 6.20 Å². The van der Waals surface area contributed by atoms with Gasteiger partial charge in [0, 0.05) is 29.7 Å². The van der Waals surface area contributed by atoms with Crippen molar-refractivity contribution in [3.8, 4) is 10.9 Å². The van der Waals surface area contributed by atoms with Crippen molar-refractivity contribution in [3.63, 3.8) is 0 Å². The zero-order valence-corrected chi connectivity index (χ0v) is 16.3. The Balaban J connectivity index is 1.24. The Morgan fingerprint density at radius 2 is 2.00 bits per heavy atom. The Hall–Kier alpha value is -2.44. The maximum Gasteiger partial charge on any atom is 0.281 e. The summed E-state index contributed by atoms with van der Waals surface area (Å²) in [7, 11) is 0. The molecule has 142 valence electrons. The van der Waals surface area contributed by atoms with Gasteiger partial charge in [-0.15, -0.1) is 0 Å². The highest BCUT2D eigenvalue weighted by Crippen LogP contribution is 2.37. The van der Waals surface area contributed by atoms with Gasteiger partial charge in [0.2, 0.25) is 0 Å². The summed E-state index contributed by atoms with van der Waals surface area (Å²) >= 11 is 1.50. The third-order valence-electron chi connectivity index (χ3n) is 6.08. The number of rotatable bonds is 4. The lowest BCUT2D eigenvalue weighted by Crippen LogP contribution is -2.38. The molecule has 2 bridgehead atoms. The normalized spacial score (nSPS) is 22.3. The molecule has 0 spiro atoms. The number of hydrogen-bond acceptors (Lipinski definition) is 6. The van der Waals surface area contributed by atoms with Gasteiger partial charge in [-0.25, -0.2) is 4.98 Å². The van der Waals surface area contributed by atoms with Crippen molar-refractivity contribution < 1.29 is 9.15 Å². The molecule has 4 aromatic rings. The minimum Gasteiger partial charge on any atom is -0.460 e. The SMILES string of the molecule is c1cnc2nc(Oc3ccc4cc(CN5[C@@H]6CCC[C@H]5CC6)oc4c3)sc2c1. The van der Waals surface area contributed by atoms with Crippen LogP contribution in [0.15, 0.2) is 47.0 Å². The highest BCUT2D eigenvalue weighted by atomic mass is 32.1. The number of thiazole rings is 1. The monoisotopic (exact) mass is 391 g/mol. The zero-order chi connectivity index (χ0) is 18.5. The largest absolute Gasteiger partial charge is 0.460 e. The van der Waals surface area contributed by atoms with Crippen molar-refractivity contribution >= 4 is 32.7 Å². The lowest BCUT2D eigenvalue weighted by molar-refractivity contribution is 0.123. The Labute approximate surface area is 167 Å². The number of piperidine rings is 1. The van der Waals surface area contributed by atoms with Crippen LogP contribution in [0.2, 0.25) is 0 Å². The summed E-state index contributed by atoms with van der Waals surface area (Å²) < 4.78 is 13.2. The summed E-state index contributed by atoms with van der Waals surface area (Å²) in [5.41, 5.74) is 1.59. The van der Waals surface area contributed by atoms with Gasteiger partial charge in [-0.05, 0) is 56.0 Å². The number of pyridine rings is 1. The number of aromatic nitrogens is 2. The molecule has 5 heterocycles. The lowest BCUT2D eigenvalue weighted by atomic mass is 10.0. The summed E-state index contributed by atoms with van der Waals surface area (Å²) in [4.78, 5) is 11.4. The van der Waals surface area contributed by atoms with Gasteiger partial charge in [0.25, 0.3) is 5.19 Å². The number of benzene rings is 1. The number of fused-ring (bicyclic) bond motifs is 4. The molecule has 5 nitrogen and oxygen atoms in total. The van der Waals surface area contributed by atoms with Crippen LogP contribution in [0, 0.1) is 0 Å². The summed E-state index contributed by atoms with van der Waals surface area (Å²) in [6, 6.07) is 13.6. The van der Waals surface area contributed by atoms with E-state index < -0.39 is 0 Å². The van der Waals surface area contributed by atoms with Crippen molar-refractivity contribution in [1.29, 1.82) is 0 Å². The summed E-state index contributed by atoms with van der Waals surface area (Å²) in [6.07, 6.45) is 8.50. The van der Waals surface area contributed by atoms with Crippen LogP contribution in [0.3, 0.4) is 0 Å². The third kappa shape index (κ3) is 2.88. The molecule has 0 N–H and O–H groups in total. The van der Waals surface area contributed by atoms with Gasteiger partial charge >= 0.3 is 0 Å². The fourth-order valence-electron chi connectivity index (χ4n) is 4.76. The average Bonchev–Trinajstić information content (AvgIpc) is 3.34. The molecule has 0 radical (unpaired) electrons. The lowest BCUT2D eigenvalue weighted by Gasteiger charge is -2.33. The zero-order valence-electron chi connectivity index (χ0n) is 15.5. The fraction of sp³-hybridized carbons (Fsp3) is 0.364. The average molecular weight is 391 g/mol. The molecular formula is C22H21N3O2S. The summed E-state index contributed by atoms with van der Waals surface area (Å²) in [5, 5.41) is 1.72. The number of furan rings is 1. The Morgan fingerprint density at radius 1 is 1.11 bits per heavy atom. The van der Waals surface area contributed by atoms with Gasteiger partial charge < -0.3 is 9.15 Å². The van der Waals surface area contributed by atoms with Crippen LogP contribution >= 0.6 is 11.3 Å². The van der Waals surface area contributed by atoms with Crippen LogP contribution in [-0.2, 0) is 6.54 Å². The molecule has 0 aliphatic carbocycles. The van der Waals surface area contributed by atoms with Crippen molar-refractivity contribution in [3.05, 3.63) is 48.4 Å². The van der Waals surface area contributed by atoms with Gasteiger partial charge in [0.15, 0.2) is 5.65 Å². The molecular weight excluding hydrogens is 370 g/mol. The van der Waals surface area contributed by atoms with E-state index in [-0.39, 0.29) is 0 Å². The maximum atomic E-state index is 6.18. The first-order chi connectivity index (χ1) is 13.8. The van der Waals surface area contributed by atoms with Crippen molar-refractivity contribution in [2.24, 2.45) is 0 Å². The second-order valence-electron chi connectivity index (χ2n) is 7.81. The van der Waals surface area contributed by atoms with E-state index in [0.29, 0.717) is 5.19 Å². The minimum atomic E-state index is 0.602. The Kier molecular flexibility index (Phi) is 3.87. The second kappa shape index (κ2) is 6.57. The Bertz CT molecular complexity index is 1100. The highest BCUT2D eigenvalue weighted by Gasteiger charge is 2.36. The quantitative estimate of drug-likeness (QED) is 0.443. The van der Waals surface area contributed by atoms with Crippen LogP contribution < -0.4 is 4.74 Å². The molecule has 1 aromatic carbocycles. The van der Waals surface area contributed by atoms with Crippen molar-refractivity contribution in [1.82, 2.24) is 14.9 Å². The van der Waals surface area contributed by atoms with E-state index in [1.165, 1.54) is 43.4 Å². The fourth-order valence-corrected chi connectivity index (χ4v) is 5.56. The van der Waals surface area contributed by atoms with Crippen molar-refractivity contribution in [2.45, 2.75) is 50.7 Å². The smallest absolute Gasteiger partial charge is 0.281 e. The molecule has 2 aliphatic rings. The summed E-state index contributed by atoms with van der Waals surface area (Å²) in [5.74, 6) is 1.79. The topological polar surface area (TPSA) is 51.4 Å². The maximum absolute atomic E-state index is 6.18. The predicted molar refractivity (Wildman–Crippen MR) is 110 cm³/mol. The summed E-state index contributed by atoms with van der Waals surface area (Å²) in [6.45, 7) is 0.920. The van der Waals surface area contributed by atoms with Crippen LogP contribution in [0.1, 0.15) is 37.9 Å². The second-order valence-corrected chi connectivity index (χ2v) is 8.80. The molecule has 2 fully saturated rings. The van der Waals surface area contributed by atoms with Gasteiger partial charge in [0.05, 0.1) is 11.2 Å². The first kappa shape index (κ1) is 16.5. The standard InChI is InChI=1S/C22H21N3O2S/c1-3-15-7-8-16(4-1)25(15)13-18-11-14-6-9-17(12-19(14)26-18)27-22-24-21-20(28-22)5-2-10-23-21/h2,5-6,9-12,15-16H,1,3-4,7-8,13H2/t15-,16+. The van der Waals surface area contributed by atoms with Gasteiger partial charge in [0.1, 0.15) is 17.1 Å². The molecule has 6 heteroatoms. The first-order valence-corrected chi connectivity index (χ1v) is 10.8. The van der Waals surface area contributed by atoms with E-state index in [1.807, 2.05) is 24.3 Å². The molecule has 3 aromatic heterocycles. The van der Waals surface area contributed by atoms with Crippen LogP contribution in [0.5, 0.6) is 10.9 Å². The molecule has 0 saturated carbocycles. The molecule has 28 heavy (non-hydrogen) atoms. The molecule has 6 rings (SSSR count). The van der Waals surface area contributed by atoms with E-state index >= 15 is 0 Å². The van der Waals surface area contributed by atoms with Gasteiger partial charge in [-0.2, -0.15) is 4.98 Å². The van der Waals surface area contributed by atoms with Crippen molar-refractivity contribution in [2.75, 3.05) is 0 Å². The van der Waals surface area contributed by atoms with Gasteiger partial charge in [-0.1, -0.05) is 17.8 Å². The van der Waals surface area contributed by atoms with Crippen LogP contribution in [-0.4, -0.2) is 27.0 Å². The van der Waals surface area contributed by atoms with E-state index in [9.17, 15) is 0 Å². The molecule has 2 saturated heterocycles. The van der Waals surface area contributed by atoms with E-state index in [2.05, 4.69) is 27.0 Å². The van der Waals surface area contributed by atoms with E-state index in [4.69, 9.17) is 9.15 Å². The highest BCUT2D eigenvalue weighted by molar-refractivity contribution is 7.20. The molecule has 0 amide bonds. The Morgan fingerprint density at radius 3 is 2.86 bits per heavy atom. The van der Waals surface area contributed by atoms with Gasteiger partial charge in [-0.3, -0.25) is 4.90 Å². The molecule has 2 aliphatic heterocycles. The van der Waals surface area contributed by atoms with E-state index in [0.717, 1.165) is 51.5 Å². The minimum absolute atomic E-state index is 0.602. The predicted octanol–water partition coefficient (Wildman–Crippen LogP) is 5.75.